The van der Waals surface area contributed by atoms with E-state index in [1.54, 1.807) is 0 Å². The Morgan fingerprint density at radius 2 is 1.71 bits per heavy atom. The zero-order chi connectivity index (χ0) is 12.3. The molecular formula is C15H28N2. The maximum atomic E-state index is 5.89. The summed E-state index contributed by atoms with van der Waals surface area (Å²) >= 11 is 0. The molecule has 3 N–H and O–H groups in total. The molecule has 4 aliphatic carbocycles. The first-order valence-corrected chi connectivity index (χ1v) is 7.42. The minimum Gasteiger partial charge on any atom is -0.271 e. The molecule has 98 valence electrons. The number of hydrogen-bond donors (Lipinski definition) is 2. The van der Waals surface area contributed by atoms with Crippen molar-refractivity contribution in [3.63, 3.8) is 0 Å². The smallest absolute Gasteiger partial charge is 0.0290 e. The van der Waals surface area contributed by atoms with Crippen molar-refractivity contribution in [2.45, 2.75) is 65.3 Å². The van der Waals surface area contributed by atoms with Crippen LogP contribution in [0.25, 0.3) is 0 Å². The quantitative estimate of drug-likeness (QED) is 0.584. The zero-order valence-corrected chi connectivity index (χ0v) is 11.6. The second-order valence-corrected chi connectivity index (χ2v) is 8.02. The molecule has 4 aliphatic rings. The van der Waals surface area contributed by atoms with Crippen LogP contribution in [-0.4, -0.2) is 6.04 Å². The Hall–Kier alpha value is -0.0800. The molecule has 4 rings (SSSR count). The Morgan fingerprint density at radius 1 is 1.12 bits per heavy atom. The lowest BCUT2D eigenvalue weighted by atomic mass is 9.42. The van der Waals surface area contributed by atoms with E-state index in [0.29, 0.717) is 22.8 Å². The van der Waals surface area contributed by atoms with E-state index in [0.717, 1.165) is 11.8 Å². The van der Waals surface area contributed by atoms with Crippen LogP contribution in [0.2, 0.25) is 0 Å². The van der Waals surface area contributed by atoms with E-state index in [4.69, 9.17) is 5.84 Å². The van der Waals surface area contributed by atoms with Gasteiger partial charge >= 0.3 is 0 Å². The van der Waals surface area contributed by atoms with E-state index < -0.39 is 0 Å². The fraction of sp³-hybridized carbons (Fsp3) is 1.00. The van der Waals surface area contributed by atoms with Crippen molar-refractivity contribution < 1.29 is 0 Å². The lowest BCUT2D eigenvalue weighted by molar-refractivity contribution is -0.124. The molecule has 2 heteroatoms. The molecule has 4 saturated carbocycles. The van der Waals surface area contributed by atoms with E-state index >= 15 is 0 Å². The van der Waals surface area contributed by atoms with Crippen molar-refractivity contribution in [1.29, 1.82) is 0 Å². The topological polar surface area (TPSA) is 38.0 Å². The van der Waals surface area contributed by atoms with Crippen molar-refractivity contribution in [3.8, 4) is 0 Å². The van der Waals surface area contributed by atoms with Gasteiger partial charge in [0, 0.05) is 6.04 Å². The molecule has 0 aromatic rings. The summed E-state index contributed by atoms with van der Waals surface area (Å²) in [5.41, 5.74) is 4.32. The lowest BCUT2D eigenvalue weighted by Crippen LogP contribution is -2.61. The van der Waals surface area contributed by atoms with E-state index in [-0.39, 0.29) is 0 Å². The number of nitrogens with one attached hydrogen (secondary N) is 1. The Kier molecular flexibility index (Phi) is 2.61. The highest BCUT2D eigenvalue weighted by Gasteiger charge is 2.58. The van der Waals surface area contributed by atoms with Gasteiger partial charge in [0.05, 0.1) is 0 Å². The average Bonchev–Trinajstić information content (AvgIpc) is 2.12. The largest absolute Gasteiger partial charge is 0.271 e. The highest BCUT2D eigenvalue weighted by atomic mass is 15.2. The summed E-state index contributed by atoms with van der Waals surface area (Å²) in [6.07, 6.45) is 8.77. The van der Waals surface area contributed by atoms with E-state index in [2.05, 4.69) is 26.2 Å². The number of hydrazine groups is 1. The van der Waals surface area contributed by atoms with Crippen molar-refractivity contribution >= 4 is 0 Å². The van der Waals surface area contributed by atoms with E-state index in [1.807, 2.05) is 0 Å². The first-order chi connectivity index (χ1) is 7.96. The molecule has 0 aromatic carbocycles. The Balaban J connectivity index is 1.92. The third kappa shape index (κ3) is 1.76. The van der Waals surface area contributed by atoms with Gasteiger partial charge in [0.15, 0.2) is 0 Å². The van der Waals surface area contributed by atoms with Crippen molar-refractivity contribution in [2.24, 2.45) is 34.4 Å². The summed E-state index contributed by atoms with van der Waals surface area (Å²) in [5, 5.41) is 0. The van der Waals surface area contributed by atoms with Gasteiger partial charge in [-0.15, -0.1) is 0 Å². The van der Waals surface area contributed by atoms with Gasteiger partial charge in [-0.1, -0.05) is 20.8 Å². The average molecular weight is 236 g/mol. The first-order valence-electron chi connectivity index (χ1n) is 7.42. The standard InChI is InChI=1S/C15H28N2/c1-10(2)13(17-16)15-7-11-4-12(8-15)6-14(3,5-11)9-15/h10-13,17H,4-9,16H2,1-3H3. The normalized spacial score (nSPS) is 49.9. The van der Waals surface area contributed by atoms with Gasteiger partial charge in [-0.25, -0.2) is 0 Å². The summed E-state index contributed by atoms with van der Waals surface area (Å²) in [6.45, 7) is 7.18. The maximum Gasteiger partial charge on any atom is 0.0290 e. The van der Waals surface area contributed by atoms with Crippen LogP contribution in [0.1, 0.15) is 59.3 Å². The second kappa shape index (κ2) is 3.71. The molecule has 0 spiro atoms. The number of nitrogens with two attached hydrogens (primary N) is 1. The SMILES string of the molecule is CC(C)C(NN)C12CC3CC(CC(C)(C3)C1)C2. The molecule has 4 fully saturated rings. The highest BCUT2D eigenvalue weighted by Crippen LogP contribution is 2.66. The summed E-state index contributed by atoms with van der Waals surface area (Å²) in [7, 11) is 0. The van der Waals surface area contributed by atoms with Crippen LogP contribution in [0, 0.1) is 28.6 Å². The van der Waals surface area contributed by atoms with Gasteiger partial charge in [-0.05, 0) is 67.1 Å². The van der Waals surface area contributed by atoms with Crippen LogP contribution in [-0.2, 0) is 0 Å². The third-order valence-electron chi connectivity index (χ3n) is 5.90. The number of rotatable bonds is 3. The van der Waals surface area contributed by atoms with Gasteiger partial charge < -0.3 is 0 Å². The fourth-order valence-electron chi connectivity index (χ4n) is 6.24. The Bertz CT molecular complexity index is 296. The molecule has 17 heavy (non-hydrogen) atoms. The van der Waals surface area contributed by atoms with Gasteiger partial charge in [0.1, 0.15) is 0 Å². The molecule has 0 amide bonds. The third-order valence-corrected chi connectivity index (χ3v) is 5.90. The molecule has 0 aromatic heterocycles. The Labute approximate surface area is 106 Å². The van der Waals surface area contributed by atoms with Crippen LogP contribution < -0.4 is 11.3 Å². The van der Waals surface area contributed by atoms with Gasteiger partial charge in [-0.2, -0.15) is 0 Å². The number of hydrogen-bond acceptors (Lipinski definition) is 2. The summed E-state index contributed by atoms with van der Waals surface area (Å²) < 4.78 is 0. The maximum absolute atomic E-state index is 5.89. The highest BCUT2D eigenvalue weighted by molar-refractivity contribution is 5.10. The lowest BCUT2D eigenvalue weighted by Gasteiger charge is -2.64. The molecule has 0 aliphatic heterocycles. The van der Waals surface area contributed by atoms with E-state index in [1.165, 1.54) is 38.5 Å². The molecule has 0 heterocycles. The molecule has 4 bridgehead atoms. The minimum atomic E-state index is 0.516. The van der Waals surface area contributed by atoms with Crippen LogP contribution in [0.3, 0.4) is 0 Å². The van der Waals surface area contributed by atoms with Crippen molar-refractivity contribution in [2.75, 3.05) is 0 Å². The van der Waals surface area contributed by atoms with Crippen LogP contribution in [0.5, 0.6) is 0 Å². The van der Waals surface area contributed by atoms with Gasteiger partial charge in [0.2, 0.25) is 0 Å². The fourth-order valence-corrected chi connectivity index (χ4v) is 6.24. The van der Waals surface area contributed by atoms with Crippen LogP contribution in [0.4, 0.5) is 0 Å². The molecular weight excluding hydrogens is 208 g/mol. The Morgan fingerprint density at radius 3 is 2.12 bits per heavy atom. The predicted molar refractivity (Wildman–Crippen MR) is 71.2 cm³/mol. The molecule has 0 saturated heterocycles. The predicted octanol–water partition coefficient (Wildman–Crippen LogP) is 3.08. The molecule has 3 unspecified atom stereocenters. The van der Waals surface area contributed by atoms with Crippen molar-refractivity contribution in [1.82, 2.24) is 5.43 Å². The summed E-state index contributed by atoms with van der Waals surface area (Å²) in [6, 6.07) is 0.521. The van der Waals surface area contributed by atoms with Crippen molar-refractivity contribution in [3.05, 3.63) is 0 Å². The van der Waals surface area contributed by atoms with Gasteiger partial charge in [-0.3, -0.25) is 11.3 Å². The molecule has 0 radical (unpaired) electrons. The monoisotopic (exact) mass is 236 g/mol. The summed E-state index contributed by atoms with van der Waals surface area (Å²) in [5.74, 6) is 8.53. The second-order valence-electron chi connectivity index (χ2n) is 8.02. The summed E-state index contributed by atoms with van der Waals surface area (Å²) in [4.78, 5) is 0. The molecule has 3 atom stereocenters. The zero-order valence-electron chi connectivity index (χ0n) is 11.6. The van der Waals surface area contributed by atoms with E-state index in [9.17, 15) is 0 Å². The van der Waals surface area contributed by atoms with Crippen LogP contribution >= 0.6 is 0 Å². The van der Waals surface area contributed by atoms with Gasteiger partial charge in [0.25, 0.3) is 0 Å². The van der Waals surface area contributed by atoms with Crippen LogP contribution in [0.15, 0.2) is 0 Å². The minimum absolute atomic E-state index is 0.516. The first kappa shape index (κ1) is 12.0. The molecule has 2 nitrogen and oxygen atoms in total.